The van der Waals surface area contributed by atoms with E-state index in [2.05, 4.69) is 98.2 Å². The standard InChI is InChI=1S/C28H31N3O.C4H10/c1-21-3-2-4-24(17-21)26-9-10-28-27(26)18-25(19-29-28)23-7-5-22(6-8-23)20-31-13-11-30(12-14-31)15-16-32;1-4(2)3/h2-9,17-19,32H,10-16,20H2,1H3;4H,1-3H3. The van der Waals surface area contributed by atoms with Gasteiger partial charge in [0.05, 0.1) is 12.3 Å². The number of aliphatic hydroxyl groups is 1. The molecule has 0 saturated carbocycles. The van der Waals surface area contributed by atoms with Crippen LogP contribution in [0.5, 0.6) is 0 Å². The minimum absolute atomic E-state index is 0.251. The van der Waals surface area contributed by atoms with E-state index >= 15 is 0 Å². The number of allylic oxidation sites excluding steroid dienone is 1. The smallest absolute Gasteiger partial charge is 0.0558 e. The summed E-state index contributed by atoms with van der Waals surface area (Å²) in [5.41, 5.74) is 10.0. The number of hydrogen-bond acceptors (Lipinski definition) is 4. The van der Waals surface area contributed by atoms with Crippen molar-refractivity contribution >= 4 is 5.57 Å². The van der Waals surface area contributed by atoms with Gasteiger partial charge in [0.1, 0.15) is 0 Å². The fourth-order valence-corrected chi connectivity index (χ4v) is 4.81. The Balaban J connectivity index is 0.000000709. The van der Waals surface area contributed by atoms with E-state index in [1.807, 2.05) is 6.20 Å². The molecule has 1 aliphatic heterocycles. The van der Waals surface area contributed by atoms with E-state index in [1.54, 1.807) is 0 Å². The number of aryl methyl sites for hydroxylation is 1. The normalized spacial score (nSPS) is 15.9. The molecule has 36 heavy (non-hydrogen) atoms. The molecule has 0 unspecified atom stereocenters. The zero-order chi connectivity index (χ0) is 25.5. The molecule has 2 aromatic carbocycles. The third-order valence-electron chi connectivity index (χ3n) is 6.66. The van der Waals surface area contributed by atoms with Crippen LogP contribution in [0.4, 0.5) is 0 Å². The third-order valence-corrected chi connectivity index (χ3v) is 6.66. The van der Waals surface area contributed by atoms with Crippen molar-refractivity contribution in [2.75, 3.05) is 39.3 Å². The summed E-state index contributed by atoms with van der Waals surface area (Å²) in [6.45, 7) is 14.9. The Hall–Kier alpha value is -2.79. The Morgan fingerprint density at radius 1 is 0.861 bits per heavy atom. The Labute approximate surface area is 217 Å². The Morgan fingerprint density at radius 3 is 2.22 bits per heavy atom. The van der Waals surface area contributed by atoms with E-state index in [4.69, 9.17) is 10.1 Å². The maximum absolute atomic E-state index is 9.11. The van der Waals surface area contributed by atoms with E-state index in [0.29, 0.717) is 0 Å². The molecule has 1 aliphatic carbocycles. The number of pyridine rings is 1. The molecule has 1 saturated heterocycles. The maximum Gasteiger partial charge on any atom is 0.0558 e. The highest BCUT2D eigenvalue weighted by molar-refractivity contribution is 5.86. The predicted octanol–water partition coefficient (Wildman–Crippen LogP) is 5.82. The van der Waals surface area contributed by atoms with Crippen molar-refractivity contribution in [2.24, 2.45) is 5.92 Å². The number of piperazine rings is 1. The van der Waals surface area contributed by atoms with Gasteiger partial charge < -0.3 is 5.11 Å². The first-order chi connectivity index (χ1) is 17.4. The average Bonchev–Trinajstić information content (AvgIpc) is 3.29. The molecule has 0 bridgehead atoms. The van der Waals surface area contributed by atoms with Gasteiger partial charge in [-0.05, 0) is 41.2 Å². The van der Waals surface area contributed by atoms with Crippen LogP contribution in [0.2, 0.25) is 0 Å². The number of aliphatic hydroxyl groups excluding tert-OH is 1. The first-order valence-corrected chi connectivity index (χ1v) is 13.3. The quantitative estimate of drug-likeness (QED) is 0.480. The second kappa shape index (κ2) is 12.4. The lowest BCUT2D eigenvalue weighted by molar-refractivity contribution is 0.108. The molecule has 0 radical (unpaired) electrons. The van der Waals surface area contributed by atoms with Crippen LogP contribution in [0.3, 0.4) is 0 Å². The van der Waals surface area contributed by atoms with Gasteiger partial charge in [0, 0.05) is 63.0 Å². The van der Waals surface area contributed by atoms with Crippen molar-refractivity contribution in [1.29, 1.82) is 0 Å². The fraction of sp³-hybridized carbons (Fsp3) is 0.406. The van der Waals surface area contributed by atoms with Gasteiger partial charge in [-0.3, -0.25) is 14.8 Å². The van der Waals surface area contributed by atoms with E-state index in [1.165, 1.54) is 44.6 Å². The van der Waals surface area contributed by atoms with Crippen LogP contribution < -0.4 is 0 Å². The molecule has 1 N–H and O–H groups in total. The third kappa shape index (κ3) is 6.91. The van der Waals surface area contributed by atoms with Crippen LogP contribution in [-0.2, 0) is 13.0 Å². The lowest BCUT2D eigenvalue weighted by atomic mass is 9.96. The van der Waals surface area contributed by atoms with Crippen LogP contribution >= 0.6 is 0 Å². The van der Waals surface area contributed by atoms with Gasteiger partial charge in [-0.15, -0.1) is 0 Å². The number of benzene rings is 2. The topological polar surface area (TPSA) is 39.6 Å². The lowest BCUT2D eigenvalue weighted by Crippen LogP contribution is -2.46. The number of fused-ring (bicyclic) bond motifs is 1. The molecular weight excluding hydrogens is 442 g/mol. The van der Waals surface area contributed by atoms with Crippen molar-refractivity contribution in [3.05, 3.63) is 94.8 Å². The number of aromatic nitrogens is 1. The van der Waals surface area contributed by atoms with E-state index in [9.17, 15) is 0 Å². The summed E-state index contributed by atoms with van der Waals surface area (Å²) in [6.07, 6.45) is 5.23. The molecule has 4 nitrogen and oxygen atoms in total. The molecule has 1 aromatic heterocycles. The Morgan fingerprint density at radius 2 is 1.56 bits per heavy atom. The van der Waals surface area contributed by atoms with Gasteiger partial charge in [0.15, 0.2) is 0 Å². The lowest BCUT2D eigenvalue weighted by Gasteiger charge is -2.34. The van der Waals surface area contributed by atoms with Gasteiger partial charge >= 0.3 is 0 Å². The molecule has 1 fully saturated rings. The molecule has 0 amide bonds. The van der Waals surface area contributed by atoms with Gasteiger partial charge in [-0.2, -0.15) is 0 Å². The highest BCUT2D eigenvalue weighted by Crippen LogP contribution is 2.34. The summed E-state index contributed by atoms with van der Waals surface area (Å²) in [4.78, 5) is 9.62. The summed E-state index contributed by atoms with van der Waals surface area (Å²) in [7, 11) is 0. The minimum Gasteiger partial charge on any atom is -0.395 e. The highest BCUT2D eigenvalue weighted by Gasteiger charge is 2.19. The molecule has 2 aliphatic rings. The van der Waals surface area contributed by atoms with Crippen LogP contribution in [0.25, 0.3) is 16.7 Å². The monoisotopic (exact) mass is 483 g/mol. The zero-order valence-corrected chi connectivity index (χ0v) is 22.4. The van der Waals surface area contributed by atoms with E-state index in [-0.39, 0.29) is 6.61 Å². The first kappa shape index (κ1) is 26.3. The number of β-amino-alcohol motifs (C(OH)–C–C–N with tert-alkyl or cyclic N) is 1. The SMILES string of the molecule is CC(C)C.Cc1cccc(C2=CCc3ncc(-c4ccc(CN5CCN(CCO)CC5)cc4)cc32)c1. The molecule has 5 rings (SSSR count). The summed E-state index contributed by atoms with van der Waals surface area (Å²) >= 11 is 0. The van der Waals surface area contributed by atoms with Crippen LogP contribution in [0.1, 0.15) is 48.7 Å². The molecule has 4 heteroatoms. The highest BCUT2D eigenvalue weighted by atomic mass is 16.3. The molecule has 3 aromatic rings. The summed E-state index contributed by atoms with van der Waals surface area (Å²) in [6, 6.07) is 20.0. The molecule has 0 spiro atoms. The predicted molar refractivity (Wildman–Crippen MR) is 151 cm³/mol. The molecule has 0 atom stereocenters. The number of rotatable bonds is 6. The maximum atomic E-state index is 9.11. The van der Waals surface area contributed by atoms with Crippen LogP contribution in [0.15, 0.2) is 66.9 Å². The van der Waals surface area contributed by atoms with E-state index in [0.717, 1.165) is 51.6 Å². The van der Waals surface area contributed by atoms with Crippen LogP contribution in [-0.4, -0.2) is 59.2 Å². The van der Waals surface area contributed by atoms with Crippen molar-refractivity contribution < 1.29 is 5.11 Å². The van der Waals surface area contributed by atoms with Crippen molar-refractivity contribution in [3.8, 4) is 11.1 Å². The molecular formula is C32H41N3O. The largest absolute Gasteiger partial charge is 0.395 e. The fourth-order valence-electron chi connectivity index (χ4n) is 4.81. The number of nitrogens with zero attached hydrogens (tertiary/aromatic N) is 3. The van der Waals surface area contributed by atoms with Gasteiger partial charge in [-0.1, -0.05) is 80.9 Å². The zero-order valence-electron chi connectivity index (χ0n) is 22.4. The summed E-state index contributed by atoms with van der Waals surface area (Å²) in [5.74, 6) is 0.833. The second-order valence-corrected chi connectivity index (χ2v) is 10.7. The van der Waals surface area contributed by atoms with Crippen molar-refractivity contribution in [3.63, 3.8) is 0 Å². The minimum atomic E-state index is 0.251. The Bertz CT molecular complexity index is 1160. The molecule has 190 valence electrons. The van der Waals surface area contributed by atoms with Crippen molar-refractivity contribution in [2.45, 2.75) is 40.7 Å². The molecule has 2 heterocycles. The average molecular weight is 484 g/mol. The van der Waals surface area contributed by atoms with Crippen molar-refractivity contribution in [1.82, 2.24) is 14.8 Å². The van der Waals surface area contributed by atoms with E-state index < -0.39 is 0 Å². The summed E-state index contributed by atoms with van der Waals surface area (Å²) in [5, 5.41) is 9.11. The van der Waals surface area contributed by atoms with Gasteiger partial charge in [0.25, 0.3) is 0 Å². The first-order valence-electron chi connectivity index (χ1n) is 13.3. The van der Waals surface area contributed by atoms with Gasteiger partial charge in [0.2, 0.25) is 0 Å². The van der Waals surface area contributed by atoms with Crippen LogP contribution in [0, 0.1) is 12.8 Å². The second-order valence-electron chi connectivity index (χ2n) is 10.7. The summed E-state index contributed by atoms with van der Waals surface area (Å²) < 4.78 is 0. The Kier molecular flexibility index (Phi) is 9.08. The number of hydrogen-bond donors (Lipinski definition) is 1. The van der Waals surface area contributed by atoms with Gasteiger partial charge in [-0.25, -0.2) is 0 Å².